The normalized spacial score (nSPS) is 11.6. The van der Waals surface area contributed by atoms with Crippen LogP contribution in [0.1, 0.15) is 16.1 Å². The van der Waals surface area contributed by atoms with Gasteiger partial charge in [-0.3, -0.25) is 4.79 Å². The molecule has 0 aliphatic heterocycles. The van der Waals surface area contributed by atoms with Gasteiger partial charge in [0.2, 0.25) is 0 Å². The molecule has 1 heterocycles. The Morgan fingerprint density at radius 2 is 1.89 bits per heavy atom. The fourth-order valence-electron chi connectivity index (χ4n) is 1.49. The molecule has 1 aromatic carbocycles. The molecule has 2 nitrogen and oxygen atoms in total. The van der Waals surface area contributed by atoms with E-state index in [-0.39, 0.29) is 20.7 Å². The Morgan fingerprint density at radius 3 is 2.42 bits per heavy atom. The Hall–Kier alpha value is -1.38. The minimum absolute atomic E-state index is 0.00241. The van der Waals surface area contributed by atoms with Crippen LogP contribution in [0.4, 0.5) is 17.6 Å². The fraction of sp³-hybridized carbons (Fsp3) is 0.0833. The van der Waals surface area contributed by atoms with Crippen LogP contribution in [-0.2, 0) is 6.18 Å². The zero-order valence-electron chi connectivity index (χ0n) is 9.09. The minimum Gasteiger partial charge on any atom is -0.453 e. The van der Waals surface area contributed by atoms with Gasteiger partial charge in [-0.25, -0.2) is 4.39 Å². The number of hydrogen-bond donors (Lipinski definition) is 0. The number of furan rings is 1. The molecule has 0 unspecified atom stereocenters. The highest BCUT2D eigenvalue weighted by atomic mass is 127. The molecule has 2 aromatic rings. The van der Waals surface area contributed by atoms with Gasteiger partial charge in [0.15, 0.2) is 12.0 Å². The molecular weight excluding hydrogens is 379 g/mol. The monoisotopic (exact) mass is 384 g/mol. The molecule has 19 heavy (non-hydrogen) atoms. The van der Waals surface area contributed by atoms with Crippen LogP contribution >= 0.6 is 22.6 Å². The predicted molar refractivity (Wildman–Crippen MR) is 67.2 cm³/mol. The topological polar surface area (TPSA) is 30.2 Å². The first-order valence-corrected chi connectivity index (χ1v) is 6.02. The highest BCUT2D eigenvalue weighted by Gasteiger charge is 2.32. The highest BCUT2D eigenvalue weighted by Crippen LogP contribution is 2.36. The molecular formula is C12H5F4IO2. The molecule has 7 heteroatoms. The maximum atomic E-state index is 13.5. The largest absolute Gasteiger partial charge is 0.453 e. The number of hydrogen-bond acceptors (Lipinski definition) is 2. The molecule has 0 saturated carbocycles. The van der Waals surface area contributed by atoms with E-state index in [0.717, 1.165) is 6.07 Å². The van der Waals surface area contributed by atoms with Crippen LogP contribution in [0.2, 0.25) is 0 Å². The Morgan fingerprint density at radius 1 is 1.21 bits per heavy atom. The van der Waals surface area contributed by atoms with Crippen molar-refractivity contribution in [1.29, 1.82) is 0 Å². The maximum Gasteiger partial charge on any atom is 0.416 e. The third-order valence-corrected chi connectivity index (χ3v) is 3.46. The van der Waals surface area contributed by atoms with Crippen LogP contribution in [0.15, 0.2) is 28.7 Å². The summed E-state index contributed by atoms with van der Waals surface area (Å²) in [6.07, 6.45) is -4.24. The van der Waals surface area contributed by atoms with Crippen molar-refractivity contribution in [2.45, 2.75) is 6.18 Å². The molecule has 0 saturated heterocycles. The molecule has 0 fully saturated rings. The number of aldehydes is 1. The summed E-state index contributed by atoms with van der Waals surface area (Å²) in [7, 11) is 0. The lowest BCUT2D eigenvalue weighted by molar-refractivity contribution is -0.137. The summed E-state index contributed by atoms with van der Waals surface area (Å²) in [5.74, 6) is -1.02. The van der Waals surface area contributed by atoms with Gasteiger partial charge in [0.25, 0.3) is 0 Å². The van der Waals surface area contributed by atoms with Crippen molar-refractivity contribution in [3.8, 4) is 11.3 Å². The van der Waals surface area contributed by atoms with E-state index in [0.29, 0.717) is 12.4 Å². The number of carbonyl (C=O) groups is 1. The van der Waals surface area contributed by atoms with Crippen molar-refractivity contribution in [1.82, 2.24) is 0 Å². The van der Waals surface area contributed by atoms with Gasteiger partial charge in [-0.15, -0.1) is 0 Å². The lowest BCUT2D eigenvalue weighted by atomic mass is 10.1. The third-order valence-electron chi connectivity index (χ3n) is 2.36. The van der Waals surface area contributed by atoms with Gasteiger partial charge < -0.3 is 4.42 Å². The van der Waals surface area contributed by atoms with Crippen molar-refractivity contribution < 1.29 is 26.8 Å². The van der Waals surface area contributed by atoms with Crippen LogP contribution in [0.3, 0.4) is 0 Å². The van der Waals surface area contributed by atoms with Crippen LogP contribution in [0, 0.1) is 9.39 Å². The standard InChI is InChI=1S/C12H5F4IO2/c13-9-4-6(12(14,15)16)3-8(11(9)17)10-2-1-7(5-18)19-10/h1-5H. The summed E-state index contributed by atoms with van der Waals surface area (Å²) >= 11 is 1.58. The van der Waals surface area contributed by atoms with E-state index in [1.807, 2.05) is 0 Å². The molecule has 0 spiro atoms. The average Bonchev–Trinajstić information content (AvgIpc) is 2.79. The molecule has 0 bridgehead atoms. The molecule has 100 valence electrons. The number of benzene rings is 1. The second-order valence-corrected chi connectivity index (χ2v) is 4.72. The average molecular weight is 384 g/mol. The fourth-order valence-corrected chi connectivity index (χ4v) is 2.07. The van der Waals surface area contributed by atoms with Crippen molar-refractivity contribution >= 4 is 28.9 Å². The van der Waals surface area contributed by atoms with Gasteiger partial charge in [0.05, 0.1) is 9.13 Å². The molecule has 0 atom stereocenters. The van der Waals surface area contributed by atoms with E-state index in [1.54, 1.807) is 22.6 Å². The van der Waals surface area contributed by atoms with E-state index in [1.165, 1.54) is 12.1 Å². The van der Waals surface area contributed by atoms with Crippen LogP contribution < -0.4 is 0 Å². The highest BCUT2D eigenvalue weighted by molar-refractivity contribution is 14.1. The number of rotatable bonds is 2. The van der Waals surface area contributed by atoms with Gasteiger partial charge >= 0.3 is 6.18 Å². The third kappa shape index (κ3) is 2.80. The lowest BCUT2D eigenvalue weighted by Gasteiger charge is -2.10. The molecule has 0 aliphatic carbocycles. The van der Waals surface area contributed by atoms with Crippen LogP contribution in [0.5, 0.6) is 0 Å². The lowest BCUT2D eigenvalue weighted by Crippen LogP contribution is -2.06. The molecule has 2 rings (SSSR count). The Balaban J connectivity index is 2.62. The Labute approximate surface area is 118 Å². The smallest absolute Gasteiger partial charge is 0.416 e. The maximum absolute atomic E-state index is 13.5. The summed E-state index contributed by atoms with van der Waals surface area (Å²) in [6, 6.07) is 3.84. The minimum atomic E-state index is -4.65. The number of halogens is 5. The second kappa shape index (κ2) is 4.95. The molecule has 0 radical (unpaired) electrons. The zero-order chi connectivity index (χ0) is 14.2. The van der Waals surface area contributed by atoms with E-state index >= 15 is 0 Å². The Kier molecular flexibility index (Phi) is 3.66. The van der Waals surface area contributed by atoms with E-state index < -0.39 is 17.6 Å². The molecule has 0 N–H and O–H groups in total. The first-order valence-electron chi connectivity index (χ1n) is 4.94. The van der Waals surface area contributed by atoms with Gasteiger partial charge in [-0.2, -0.15) is 13.2 Å². The molecule has 0 aliphatic rings. The van der Waals surface area contributed by atoms with Crippen molar-refractivity contribution in [2.75, 3.05) is 0 Å². The zero-order valence-corrected chi connectivity index (χ0v) is 11.3. The summed E-state index contributed by atoms with van der Waals surface area (Å²) in [6.45, 7) is 0. The number of carbonyl (C=O) groups excluding carboxylic acids is 1. The first-order chi connectivity index (χ1) is 8.82. The molecule has 1 aromatic heterocycles. The second-order valence-electron chi connectivity index (χ2n) is 3.64. The Bertz CT molecular complexity index is 631. The SMILES string of the molecule is O=Cc1ccc(-c2cc(C(F)(F)F)cc(F)c2I)o1. The van der Waals surface area contributed by atoms with Crippen molar-refractivity contribution in [2.24, 2.45) is 0 Å². The summed E-state index contributed by atoms with van der Waals surface area (Å²) in [5, 5.41) is 0. The van der Waals surface area contributed by atoms with E-state index in [2.05, 4.69) is 0 Å². The van der Waals surface area contributed by atoms with Crippen LogP contribution in [-0.4, -0.2) is 6.29 Å². The van der Waals surface area contributed by atoms with E-state index in [4.69, 9.17) is 4.42 Å². The van der Waals surface area contributed by atoms with Gasteiger partial charge in [-0.05, 0) is 46.9 Å². The quantitative estimate of drug-likeness (QED) is 0.433. The molecule has 0 amide bonds. The summed E-state index contributed by atoms with van der Waals surface area (Å²) in [5.41, 5.74) is -1.15. The summed E-state index contributed by atoms with van der Waals surface area (Å²) < 4.78 is 56.4. The predicted octanol–water partition coefficient (Wildman–Crippen LogP) is 4.52. The van der Waals surface area contributed by atoms with Gasteiger partial charge in [0, 0.05) is 5.56 Å². The number of alkyl halides is 3. The van der Waals surface area contributed by atoms with Crippen molar-refractivity contribution in [3.63, 3.8) is 0 Å². The first kappa shape index (κ1) is 14.0. The van der Waals surface area contributed by atoms with E-state index in [9.17, 15) is 22.4 Å². The van der Waals surface area contributed by atoms with Gasteiger partial charge in [-0.1, -0.05) is 0 Å². The van der Waals surface area contributed by atoms with Crippen LogP contribution in [0.25, 0.3) is 11.3 Å². The summed E-state index contributed by atoms with van der Waals surface area (Å²) in [4.78, 5) is 10.5. The van der Waals surface area contributed by atoms with Crippen molar-refractivity contribution in [3.05, 3.63) is 45.0 Å². The van der Waals surface area contributed by atoms with Gasteiger partial charge in [0.1, 0.15) is 11.6 Å².